The van der Waals surface area contributed by atoms with Crippen molar-refractivity contribution in [3.63, 3.8) is 0 Å². The molecule has 1 heterocycles. The fraction of sp³-hybridized carbons (Fsp3) is 0.133. The van der Waals surface area contributed by atoms with Crippen molar-refractivity contribution in [1.82, 2.24) is 4.98 Å². The molecule has 2 aromatic rings. The van der Waals surface area contributed by atoms with Crippen LogP contribution in [0.5, 0.6) is 0 Å². The molecular formula is C15H13BrN4O. The second-order valence-electron chi connectivity index (χ2n) is 4.19. The van der Waals surface area contributed by atoms with E-state index in [0.29, 0.717) is 33.6 Å². The summed E-state index contributed by atoms with van der Waals surface area (Å²) >= 11 is 3.34. The van der Waals surface area contributed by atoms with Crippen molar-refractivity contribution >= 4 is 33.3 Å². The molecule has 1 aromatic carbocycles. The molecular weight excluding hydrogens is 332 g/mol. The molecule has 0 radical (unpaired) electrons. The first-order valence-electron chi connectivity index (χ1n) is 6.35. The zero-order valence-corrected chi connectivity index (χ0v) is 12.9. The van der Waals surface area contributed by atoms with E-state index in [4.69, 9.17) is 5.26 Å². The van der Waals surface area contributed by atoms with E-state index in [0.717, 1.165) is 0 Å². The number of carbonyl (C=O) groups is 1. The summed E-state index contributed by atoms with van der Waals surface area (Å²) in [5, 5.41) is 14.7. The summed E-state index contributed by atoms with van der Waals surface area (Å²) < 4.78 is 0.656. The van der Waals surface area contributed by atoms with Crippen molar-refractivity contribution in [2.45, 2.75) is 6.92 Å². The second kappa shape index (κ2) is 6.86. The van der Waals surface area contributed by atoms with Gasteiger partial charge in [0.25, 0.3) is 5.91 Å². The Balaban J connectivity index is 2.24. The lowest BCUT2D eigenvalue weighted by Gasteiger charge is -2.11. The summed E-state index contributed by atoms with van der Waals surface area (Å²) in [6.45, 7) is 2.62. The van der Waals surface area contributed by atoms with Gasteiger partial charge in [-0.25, -0.2) is 4.98 Å². The van der Waals surface area contributed by atoms with E-state index in [2.05, 4.69) is 31.5 Å². The Kier molecular flexibility index (Phi) is 4.90. The molecule has 2 N–H and O–H groups in total. The van der Waals surface area contributed by atoms with E-state index >= 15 is 0 Å². The first-order valence-corrected chi connectivity index (χ1v) is 7.15. The predicted octanol–water partition coefficient (Wildman–Crippen LogP) is 3.40. The van der Waals surface area contributed by atoms with Crippen LogP contribution in [0.4, 0.5) is 11.5 Å². The molecule has 0 spiro atoms. The average Bonchev–Trinajstić information content (AvgIpc) is 2.50. The Morgan fingerprint density at radius 1 is 1.43 bits per heavy atom. The maximum Gasteiger partial charge on any atom is 0.259 e. The van der Waals surface area contributed by atoms with Gasteiger partial charge in [-0.15, -0.1) is 0 Å². The molecule has 0 unspecified atom stereocenters. The number of nitrogens with one attached hydrogen (secondary N) is 2. The van der Waals surface area contributed by atoms with Crippen LogP contribution in [0.3, 0.4) is 0 Å². The smallest absolute Gasteiger partial charge is 0.259 e. The van der Waals surface area contributed by atoms with Crippen LogP contribution in [-0.2, 0) is 0 Å². The van der Waals surface area contributed by atoms with Gasteiger partial charge in [0.1, 0.15) is 5.82 Å². The minimum Gasteiger partial charge on any atom is -0.370 e. The highest BCUT2D eigenvalue weighted by molar-refractivity contribution is 9.10. The van der Waals surface area contributed by atoms with Gasteiger partial charge >= 0.3 is 0 Å². The van der Waals surface area contributed by atoms with Crippen LogP contribution in [0.25, 0.3) is 0 Å². The molecule has 106 valence electrons. The minimum atomic E-state index is -0.260. The third-order valence-electron chi connectivity index (χ3n) is 2.74. The van der Waals surface area contributed by atoms with Crippen LogP contribution in [0.2, 0.25) is 0 Å². The number of nitrogens with zero attached hydrogens (tertiary/aromatic N) is 2. The highest BCUT2D eigenvalue weighted by Crippen LogP contribution is 2.24. The van der Waals surface area contributed by atoms with E-state index < -0.39 is 0 Å². The van der Waals surface area contributed by atoms with Gasteiger partial charge in [0.05, 0.1) is 22.9 Å². The van der Waals surface area contributed by atoms with E-state index in [1.54, 1.807) is 36.5 Å². The number of hydrogen-bond donors (Lipinski definition) is 2. The standard InChI is InChI=1S/C15H13BrN4O/c1-2-18-14-11(4-3-7-19-14)15(21)20-13-6-5-10(9-17)8-12(13)16/h3-8H,2H2,1H3,(H,18,19)(H,20,21). The molecule has 6 heteroatoms. The van der Waals surface area contributed by atoms with Crippen LogP contribution in [-0.4, -0.2) is 17.4 Å². The summed E-state index contributed by atoms with van der Waals surface area (Å²) in [5.41, 5.74) is 1.59. The molecule has 21 heavy (non-hydrogen) atoms. The van der Waals surface area contributed by atoms with Gasteiger partial charge in [-0.2, -0.15) is 5.26 Å². The van der Waals surface area contributed by atoms with Crippen molar-refractivity contribution in [2.24, 2.45) is 0 Å². The summed E-state index contributed by atoms with van der Waals surface area (Å²) in [6.07, 6.45) is 1.63. The third-order valence-corrected chi connectivity index (χ3v) is 3.40. The van der Waals surface area contributed by atoms with Crippen molar-refractivity contribution in [2.75, 3.05) is 17.2 Å². The van der Waals surface area contributed by atoms with E-state index in [9.17, 15) is 4.79 Å². The summed E-state index contributed by atoms with van der Waals surface area (Å²) in [4.78, 5) is 16.5. The number of nitriles is 1. The van der Waals surface area contributed by atoms with Crippen LogP contribution in [0.15, 0.2) is 41.0 Å². The van der Waals surface area contributed by atoms with Gasteiger partial charge in [-0.1, -0.05) is 0 Å². The number of anilines is 2. The lowest BCUT2D eigenvalue weighted by Crippen LogP contribution is -2.16. The molecule has 0 fully saturated rings. The van der Waals surface area contributed by atoms with Crippen LogP contribution in [0, 0.1) is 11.3 Å². The molecule has 1 aromatic heterocycles. The monoisotopic (exact) mass is 344 g/mol. The zero-order valence-electron chi connectivity index (χ0n) is 11.4. The van der Waals surface area contributed by atoms with Gasteiger partial charge in [0.2, 0.25) is 0 Å². The normalized spacial score (nSPS) is 9.76. The molecule has 0 bridgehead atoms. The van der Waals surface area contributed by atoms with Gasteiger partial charge in [-0.3, -0.25) is 4.79 Å². The SMILES string of the molecule is CCNc1ncccc1C(=O)Nc1ccc(C#N)cc1Br. The van der Waals surface area contributed by atoms with E-state index in [1.807, 2.05) is 13.0 Å². The van der Waals surface area contributed by atoms with Crippen molar-refractivity contribution in [3.8, 4) is 6.07 Å². The molecule has 0 saturated heterocycles. The molecule has 0 atom stereocenters. The van der Waals surface area contributed by atoms with Crippen molar-refractivity contribution < 1.29 is 4.79 Å². The number of pyridine rings is 1. The summed E-state index contributed by atoms with van der Waals surface area (Å²) in [5.74, 6) is 0.284. The Labute approximate surface area is 131 Å². The van der Waals surface area contributed by atoms with Gasteiger partial charge in [0, 0.05) is 17.2 Å². The lowest BCUT2D eigenvalue weighted by atomic mass is 10.2. The first kappa shape index (κ1) is 15.0. The Hall–Kier alpha value is -2.39. The largest absolute Gasteiger partial charge is 0.370 e. The molecule has 0 aliphatic rings. The molecule has 2 rings (SSSR count). The molecule has 5 nitrogen and oxygen atoms in total. The highest BCUT2D eigenvalue weighted by Gasteiger charge is 2.13. The van der Waals surface area contributed by atoms with Crippen molar-refractivity contribution in [3.05, 3.63) is 52.1 Å². The number of rotatable bonds is 4. The Morgan fingerprint density at radius 3 is 2.90 bits per heavy atom. The number of benzene rings is 1. The summed E-state index contributed by atoms with van der Waals surface area (Å²) in [7, 11) is 0. The fourth-order valence-electron chi connectivity index (χ4n) is 1.77. The second-order valence-corrected chi connectivity index (χ2v) is 5.04. The van der Waals surface area contributed by atoms with E-state index in [1.165, 1.54) is 0 Å². The van der Waals surface area contributed by atoms with Gasteiger partial charge in [0.15, 0.2) is 0 Å². The molecule has 0 aliphatic heterocycles. The van der Waals surface area contributed by atoms with Crippen LogP contribution in [0.1, 0.15) is 22.8 Å². The fourth-order valence-corrected chi connectivity index (χ4v) is 2.25. The topological polar surface area (TPSA) is 77.8 Å². The highest BCUT2D eigenvalue weighted by atomic mass is 79.9. The maximum atomic E-state index is 12.3. The van der Waals surface area contributed by atoms with Gasteiger partial charge < -0.3 is 10.6 Å². The molecule has 0 saturated carbocycles. The molecule has 0 aliphatic carbocycles. The first-order chi connectivity index (χ1) is 10.2. The quantitative estimate of drug-likeness (QED) is 0.890. The lowest BCUT2D eigenvalue weighted by molar-refractivity contribution is 0.102. The average molecular weight is 345 g/mol. The number of aromatic nitrogens is 1. The number of carbonyl (C=O) groups excluding carboxylic acids is 1. The maximum absolute atomic E-state index is 12.3. The van der Waals surface area contributed by atoms with Crippen molar-refractivity contribution in [1.29, 1.82) is 5.26 Å². The number of halogens is 1. The number of amides is 1. The van der Waals surface area contributed by atoms with Crippen LogP contribution >= 0.6 is 15.9 Å². The number of hydrogen-bond acceptors (Lipinski definition) is 4. The Bertz CT molecular complexity index is 709. The third kappa shape index (κ3) is 3.58. The Morgan fingerprint density at radius 2 is 2.24 bits per heavy atom. The van der Waals surface area contributed by atoms with Gasteiger partial charge in [-0.05, 0) is 53.2 Å². The zero-order chi connectivity index (χ0) is 15.2. The summed E-state index contributed by atoms with van der Waals surface area (Å²) in [6, 6.07) is 10.5. The van der Waals surface area contributed by atoms with Crippen LogP contribution < -0.4 is 10.6 Å². The predicted molar refractivity (Wildman–Crippen MR) is 85.2 cm³/mol. The molecule has 1 amide bonds. The minimum absolute atomic E-state index is 0.260. The van der Waals surface area contributed by atoms with E-state index in [-0.39, 0.29) is 5.91 Å².